The van der Waals surface area contributed by atoms with Gasteiger partial charge in [-0.15, -0.1) is 0 Å². The molecule has 0 N–H and O–H groups in total. The summed E-state index contributed by atoms with van der Waals surface area (Å²) in [6, 6.07) is 48.6. The number of Topliss-reactive ketones (excluding diaryl/α,β-unsaturated/α-hetero) is 1. The number of carbonyl (C=O) groups is 2. The van der Waals surface area contributed by atoms with Crippen molar-refractivity contribution in [2.24, 2.45) is 5.92 Å². The number of rotatable bonds is 15. The Labute approximate surface area is 319 Å². The fourth-order valence-electron chi connectivity index (χ4n) is 8.04. The van der Waals surface area contributed by atoms with E-state index in [2.05, 4.69) is 53.5 Å². The van der Waals surface area contributed by atoms with Gasteiger partial charge in [0.2, 0.25) is 0 Å². The van der Waals surface area contributed by atoms with Crippen LogP contribution in [0.5, 0.6) is 0 Å². The van der Waals surface area contributed by atoms with E-state index in [0.717, 1.165) is 48.2 Å². The smallest absolute Gasteiger partial charge is 0.307 e. The molecule has 54 heavy (non-hydrogen) atoms. The van der Waals surface area contributed by atoms with Crippen molar-refractivity contribution in [3.05, 3.63) is 180 Å². The highest BCUT2D eigenvalue weighted by atomic mass is 16.6. The van der Waals surface area contributed by atoms with Gasteiger partial charge in [-0.1, -0.05) is 158 Å². The van der Waals surface area contributed by atoms with Crippen LogP contribution in [0.3, 0.4) is 0 Å². The highest BCUT2D eigenvalue weighted by Gasteiger charge is 2.46. The lowest BCUT2D eigenvalue weighted by Gasteiger charge is -2.35. The van der Waals surface area contributed by atoms with E-state index >= 15 is 0 Å². The Hall–Kier alpha value is -5.14. The normalized spacial score (nSPS) is 19.3. The van der Waals surface area contributed by atoms with Crippen molar-refractivity contribution in [3.63, 3.8) is 0 Å². The van der Waals surface area contributed by atoms with E-state index in [1.165, 1.54) is 11.1 Å². The zero-order chi connectivity index (χ0) is 37.0. The lowest BCUT2D eigenvalue weighted by molar-refractivity contribution is -0.153. The molecule has 1 aliphatic carbocycles. The molecular weight excluding hydrogens is 671 g/mol. The molecule has 2 fully saturated rings. The van der Waals surface area contributed by atoms with Crippen LogP contribution >= 0.6 is 0 Å². The monoisotopic (exact) mass is 719 g/mol. The Balaban J connectivity index is 0.988. The zero-order valence-corrected chi connectivity index (χ0v) is 30.8. The van der Waals surface area contributed by atoms with Gasteiger partial charge in [-0.25, -0.2) is 0 Å². The predicted molar refractivity (Wildman–Crippen MR) is 213 cm³/mol. The summed E-state index contributed by atoms with van der Waals surface area (Å²) in [5.74, 6) is 0.0732. The number of ether oxygens (including phenoxy) is 3. The van der Waals surface area contributed by atoms with Gasteiger partial charge in [-0.3, -0.25) is 14.5 Å². The van der Waals surface area contributed by atoms with Gasteiger partial charge in [0.05, 0.1) is 32.0 Å². The number of benzene rings is 5. The molecule has 6 nitrogen and oxygen atoms in total. The van der Waals surface area contributed by atoms with Gasteiger partial charge >= 0.3 is 5.97 Å². The van der Waals surface area contributed by atoms with E-state index in [4.69, 9.17) is 14.2 Å². The lowest BCUT2D eigenvalue weighted by atomic mass is 9.80. The molecule has 0 radical (unpaired) electrons. The van der Waals surface area contributed by atoms with E-state index in [0.29, 0.717) is 32.7 Å². The van der Waals surface area contributed by atoms with E-state index in [1.54, 1.807) is 0 Å². The molecule has 0 amide bonds. The Morgan fingerprint density at radius 3 is 1.78 bits per heavy atom. The molecule has 1 saturated carbocycles. The van der Waals surface area contributed by atoms with Crippen molar-refractivity contribution in [3.8, 4) is 11.1 Å². The molecule has 5 aromatic carbocycles. The molecule has 1 heterocycles. The summed E-state index contributed by atoms with van der Waals surface area (Å²) in [7, 11) is 0. The van der Waals surface area contributed by atoms with E-state index in [1.807, 2.05) is 109 Å². The zero-order valence-electron chi connectivity index (χ0n) is 30.8. The second-order valence-electron chi connectivity index (χ2n) is 14.2. The van der Waals surface area contributed by atoms with Crippen LogP contribution in [0, 0.1) is 5.92 Å². The van der Waals surface area contributed by atoms with Gasteiger partial charge in [-0.2, -0.15) is 0 Å². The van der Waals surface area contributed by atoms with Crippen molar-refractivity contribution in [2.45, 2.75) is 56.5 Å². The molecule has 0 bridgehead atoms. The molecule has 0 aromatic heterocycles. The molecule has 276 valence electrons. The van der Waals surface area contributed by atoms with Crippen molar-refractivity contribution in [1.29, 1.82) is 0 Å². The first kappa shape index (κ1) is 37.2. The largest absolute Gasteiger partial charge is 0.444 e. The van der Waals surface area contributed by atoms with Gasteiger partial charge in [0.15, 0.2) is 11.4 Å². The second-order valence-corrected chi connectivity index (χ2v) is 14.2. The highest BCUT2D eigenvalue weighted by molar-refractivity contribution is 5.87. The Bertz CT molecular complexity index is 1840. The lowest BCUT2D eigenvalue weighted by Crippen LogP contribution is -2.49. The number of carbonyl (C=O) groups excluding carboxylic acids is 2. The van der Waals surface area contributed by atoms with Crippen LogP contribution in [0.25, 0.3) is 11.1 Å². The van der Waals surface area contributed by atoms with Crippen LogP contribution in [-0.4, -0.2) is 55.1 Å². The summed E-state index contributed by atoms with van der Waals surface area (Å²) in [5, 5.41) is 0. The van der Waals surface area contributed by atoms with E-state index < -0.39 is 5.60 Å². The molecular formula is C48H49NO5. The van der Waals surface area contributed by atoms with Crippen LogP contribution in [0.15, 0.2) is 158 Å². The molecule has 2 aliphatic rings. The minimum Gasteiger partial charge on any atom is -0.444 e. The molecule has 0 unspecified atom stereocenters. The van der Waals surface area contributed by atoms with Gasteiger partial charge in [0.1, 0.15) is 0 Å². The SMILES string of the molecule is O=C(CCC=CCC[C@H]1[C@@H](OCc2ccc(-c3ccccc3)cc2)CC(=O)[C@@H]1N1CCOCC1)OC(c1ccccc1)(c1ccccc1)c1ccccc1. The third kappa shape index (κ3) is 8.79. The number of morpholine rings is 1. The van der Waals surface area contributed by atoms with Gasteiger partial charge in [0, 0.05) is 48.5 Å². The molecule has 7 rings (SSSR count). The summed E-state index contributed by atoms with van der Waals surface area (Å²) in [6.45, 7) is 3.27. The summed E-state index contributed by atoms with van der Waals surface area (Å²) in [6.07, 6.45) is 6.92. The van der Waals surface area contributed by atoms with Crippen molar-refractivity contribution >= 4 is 11.8 Å². The average molecular weight is 720 g/mol. The molecule has 5 aromatic rings. The van der Waals surface area contributed by atoms with Crippen LogP contribution in [0.2, 0.25) is 0 Å². The molecule has 3 atom stereocenters. The van der Waals surface area contributed by atoms with Crippen LogP contribution in [0.4, 0.5) is 0 Å². The second kappa shape index (κ2) is 18.3. The van der Waals surface area contributed by atoms with Crippen molar-refractivity contribution < 1.29 is 23.8 Å². The summed E-state index contributed by atoms with van der Waals surface area (Å²) >= 11 is 0. The third-order valence-electron chi connectivity index (χ3n) is 10.7. The number of hydrogen-bond acceptors (Lipinski definition) is 6. The maximum atomic E-state index is 13.7. The molecule has 0 spiro atoms. The van der Waals surface area contributed by atoms with Crippen molar-refractivity contribution in [2.75, 3.05) is 26.3 Å². The highest BCUT2D eigenvalue weighted by Crippen LogP contribution is 2.41. The summed E-state index contributed by atoms with van der Waals surface area (Å²) < 4.78 is 18.7. The number of hydrogen-bond donors (Lipinski definition) is 0. The fraction of sp³-hybridized carbons (Fsp3) is 0.292. The first-order valence-corrected chi connectivity index (χ1v) is 19.3. The standard InChI is InChI=1S/C48H49NO5/c50-44-35-45(53-36-37-27-29-39(30-28-37)38-17-7-3-8-18-38)43(47(44)49-31-33-52-34-32-49)25-15-1-2-16-26-46(51)54-48(40-19-9-4-10-20-40,41-21-11-5-12-22-41)42-23-13-6-14-24-42/h1-14,17-24,27-30,43,45,47H,15-16,25-26,31-36H2/t43-,45-,47+/m0/s1. The third-order valence-corrected chi connectivity index (χ3v) is 10.7. The molecule has 6 heteroatoms. The minimum absolute atomic E-state index is 0.0806. The topological polar surface area (TPSA) is 65.1 Å². The predicted octanol–water partition coefficient (Wildman–Crippen LogP) is 9.18. The quantitative estimate of drug-likeness (QED) is 0.0611. The first-order chi connectivity index (χ1) is 26.6. The maximum absolute atomic E-state index is 13.7. The van der Waals surface area contributed by atoms with Crippen LogP contribution < -0.4 is 0 Å². The van der Waals surface area contributed by atoms with E-state index in [9.17, 15) is 9.59 Å². The van der Waals surface area contributed by atoms with Crippen LogP contribution in [0.1, 0.15) is 54.4 Å². The van der Waals surface area contributed by atoms with E-state index in [-0.39, 0.29) is 36.2 Å². The first-order valence-electron chi connectivity index (χ1n) is 19.3. The molecule has 1 saturated heterocycles. The number of esters is 1. The average Bonchev–Trinajstić information content (AvgIpc) is 3.56. The number of allylic oxidation sites excluding steroid dienone is 2. The summed E-state index contributed by atoms with van der Waals surface area (Å²) in [4.78, 5) is 29.5. The maximum Gasteiger partial charge on any atom is 0.307 e. The van der Waals surface area contributed by atoms with Gasteiger partial charge < -0.3 is 14.2 Å². The number of ketones is 1. The van der Waals surface area contributed by atoms with Crippen LogP contribution in [-0.2, 0) is 36.0 Å². The Morgan fingerprint density at radius 2 is 1.20 bits per heavy atom. The summed E-state index contributed by atoms with van der Waals surface area (Å²) in [5.41, 5.74) is 5.06. The number of nitrogens with zero attached hydrogens (tertiary/aromatic N) is 1. The fourth-order valence-corrected chi connectivity index (χ4v) is 8.04. The molecule has 1 aliphatic heterocycles. The van der Waals surface area contributed by atoms with Crippen molar-refractivity contribution in [1.82, 2.24) is 4.90 Å². The van der Waals surface area contributed by atoms with Gasteiger partial charge in [0.25, 0.3) is 0 Å². The minimum atomic E-state index is -1.08. The van der Waals surface area contributed by atoms with Gasteiger partial charge in [-0.05, 0) is 36.0 Å². The Kier molecular flexibility index (Phi) is 12.6. The Morgan fingerprint density at radius 1 is 0.685 bits per heavy atom.